The molecule has 0 spiro atoms. The van der Waals surface area contributed by atoms with Gasteiger partial charge < -0.3 is 10.0 Å². The lowest BCUT2D eigenvalue weighted by Gasteiger charge is -2.37. The summed E-state index contributed by atoms with van der Waals surface area (Å²) in [6.07, 6.45) is 0. The molecule has 2 aliphatic carbocycles. The van der Waals surface area contributed by atoms with E-state index in [-0.39, 0.29) is 11.5 Å². The first-order valence-corrected chi connectivity index (χ1v) is 11.1. The number of hydrogen-bond acceptors (Lipinski definition) is 3. The minimum atomic E-state index is -0.125. The molecule has 0 radical (unpaired) electrons. The van der Waals surface area contributed by atoms with Crippen molar-refractivity contribution in [2.45, 2.75) is 55.4 Å². The lowest BCUT2D eigenvalue weighted by Crippen LogP contribution is -2.33. The fraction of sp³-hybridized carbons (Fsp3) is 0.429. The normalized spacial score (nSPS) is 17.0. The quantitative estimate of drug-likeness (QED) is 0.516. The Morgan fingerprint density at radius 1 is 0.656 bits per heavy atom. The van der Waals surface area contributed by atoms with E-state index in [1.54, 1.807) is 0 Å². The first kappa shape index (κ1) is 23.8. The number of hydrogen-bond donors (Lipinski definition) is 0. The summed E-state index contributed by atoms with van der Waals surface area (Å²) in [6, 6.07) is 0. The monoisotopic (exact) mass is 432 g/mol. The molecule has 4 heteroatoms. The predicted molar refractivity (Wildman–Crippen MR) is 133 cm³/mol. The third kappa shape index (κ3) is 3.11. The van der Waals surface area contributed by atoms with E-state index >= 15 is 0 Å². The van der Waals surface area contributed by atoms with E-state index < -0.39 is 0 Å². The molecule has 1 aromatic rings. The Hall–Kier alpha value is -2.88. The second-order valence-corrected chi connectivity index (χ2v) is 9.64. The van der Waals surface area contributed by atoms with E-state index in [1.807, 2.05) is 55.9 Å². The van der Waals surface area contributed by atoms with E-state index in [0.29, 0.717) is 11.1 Å². The average Bonchev–Trinajstić information content (AvgIpc) is 2.70. The van der Waals surface area contributed by atoms with Gasteiger partial charge in [0.25, 0.3) is 0 Å². The molecule has 0 saturated heterocycles. The van der Waals surface area contributed by atoms with Crippen LogP contribution in [0.2, 0.25) is 0 Å². The van der Waals surface area contributed by atoms with Crippen LogP contribution in [0.25, 0.3) is 5.57 Å². The molecule has 0 amide bonds. The standard InChI is InChI=1S/C28H36N2O2/c1-13-17(5)25(29(9)10)18(6)14(2)21(13)23-27(31)24(28(23)32)22-15(3)19(7)26(30(11)12)20(8)16(22)4/h1-12H3. The molecule has 170 valence electrons. The highest BCUT2D eigenvalue weighted by molar-refractivity contribution is 6.40. The maximum atomic E-state index is 13.5. The maximum Gasteiger partial charge on any atom is 0.205 e. The van der Waals surface area contributed by atoms with Gasteiger partial charge in [0, 0.05) is 42.1 Å². The number of ketones is 1. The number of Topliss-reactive ketones (excluding diaryl/α,β-unsaturated/α-hetero) is 1. The van der Waals surface area contributed by atoms with E-state index in [0.717, 1.165) is 67.1 Å². The molecule has 2 aliphatic rings. The van der Waals surface area contributed by atoms with Gasteiger partial charge in [0.05, 0.1) is 0 Å². The summed E-state index contributed by atoms with van der Waals surface area (Å²) in [6.45, 7) is 16.4. The zero-order chi connectivity index (χ0) is 24.4. The summed E-state index contributed by atoms with van der Waals surface area (Å²) >= 11 is 0. The number of allylic oxidation sites excluding steroid dienone is 7. The van der Waals surface area contributed by atoms with Crippen molar-refractivity contribution in [1.82, 2.24) is 0 Å². The number of anilines is 1. The van der Waals surface area contributed by atoms with Crippen LogP contribution in [0.4, 0.5) is 5.69 Å². The number of benzene rings is 1. The molecule has 0 unspecified atom stereocenters. The Morgan fingerprint density at radius 2 is 1.09 bits per heavy atom. The Labute approximate surface area is 193 Å². The van der Waals surface area contributed by atoms with Crippen molar-refractivity contribution >= 4 is 22.8 Å². The summed E-state index contributed by atoms with van der Waals surface area (Å²) in [5.74, 6) is -0.250. The fourth-order valence-electron chi connectivity index (χ4n) is 5.52. The lowest BCUT2D eigenvalue weighted by atomic mass is 9.72. The van der Waals surface area contributed by atoms with Gasteiger partial charge in [-0.2, -0.15) is 0 Å². The van der Waals surface area contributed by atoms with Gasteiger partial charge in [-0.3, -0.25) is 4.79 Å². The molecular weight excluding hydrogens is 396 g/mol. The summed E-state index contributed by atoms with van der Waals surface area (Å²) in [7, 11) is 8.11. The summed E-state index contributed by atoms with van der Waals surface area (Å²) in [5.41, 5.74) is 13.1. The van der Waals surface area contributed by atoms with Gasteiger partial charge in [0.2, 0.25) is 5.71 Å². The zero-order valence-corrected chi connectivity index (χ0v) is 21.7. The molecule has 32 heavy (non-hydrogen) atoms. The van der Waals surface area contributed by atoms with Crippen LogP contribution in [0.15, 0.2) is 39.2 Å². The summed E-state index contributed by atoms with van der Waals surface area (Å²) < 4.78 is 2.10. The van der Waals surface area contributed by atoms with Crippen LogP contribution in [-0.4, -0.2) is 44.3 Å². The van der Waals surface area contributed by atoms with Crippen LogP contribution in [0, 0.1) is 27.7 Å². The first-order valence-electron chi connectivity index (χ1n) is 11.1. The van der Waals surface area contributed by atoms with Gasteiger partial charge in [-0.1, -0.05) is 5.76 Å². The van der Waals surface area contributed by atoms with Gasteiger partial charge in [0.15, 0.2) is 5.78 Å². The highest BCUT2D eigenvalue weighted by Crippen LogP contribution is 2.46. The molecule has 0 aliphatic heterocycles. The highest BCUT2D eigenvalue weighted by atomic mass is 16.3. The molecule has 0 saturated carbocycles. The van der Waals surface area contributed by atoms with E-state index in [4.69, 9.17) is 0 Å². The number of carbonyl (C=O) groups is 1. The molecule has 0 N–H and O–H groups in total. The summed E-state index contributed by atoms with van der Waals surface area (Å²) in [4.78, 5) is 15.7. The van der Waals surface area contributed by atoms with Gasteiger partial charge in [-0.15, -0.1) is 0 Å². The minimum Gasteiger partial charge on any atom is -0.871 e. The summed E-state index contributed by atoms with van der Waals surface area (Å²) in [5, 5.41) is 13.5. The van der Waals surface area contributed by atoms with Crippen molar-refractivity contribution in [3.63, 3.8) is 0 Å². The molecule has 3 rings (SSSR count). The molecule has 0 aromatic heterocycles. The number of nitrogens with zero attached hydrogens (tertiary/aromatic N) is 2. The first-order chi connectivity index (χ1) is 14.7. The Balaban J connectivity index is 2.33. The molecule has 1 aromatic carbocycles. The van der Waals surface area contributed by atoms with E-state index in [9.17, 15) is 9.90 Å². The van der Waals surface area contributed by atoms with Gasteiger partial charge in [-0.25, -0.2) is 4.58 Å². The maximum absolute atomic E-state index is 13.5. The largest absolute Gasteiger partial charge is 0.871 e. The van der Waals surface area contributed by atoms with Gasteiger partial charge in [-0.05, 0) is 99.9 Å². The van der Waals surface area contributed by atoms with Crippen molar-refractivity contribution in [2.75, 3.05) is 33.1 Å². The van der Waals surface area contributed by atoms with Crippen LogP contribution < -0.4 is 10.0 Å². The smallest absolute Gasteiger partial charge is 0.205 e. The third-order valence-electron chi connectivity index (χ3n) is 7.47. The van der Waals surface area contributed by atoms with Crippen LogP contribution in [0.5, 0.6) is 0 Å². The molecule has 0 bridgehead atoms. The fourth-order valence-corrected chi connectivity index (χ4v) is 5.52. The molecule has 0 heterocycles. The topological polar surface area (TPSA) is 46.4 Å². The molecular formula is C28H36N2O2. The van der Waals surface area contributed by atoms with Crippen molar-refractivity contribution in [1.29, 1.82) is 0 Å². The van der Waals surface area contributed by atoms with Crippen LogP contribution in [0.1, 0.15) is 55.5 Å². The molecule has 0 atom stereocenters. The Kier molecular flexibility index (Phi) is 5.88. The van der Waals surface area contributed by atoms with Gasteiger partial charge in [0.1, 0.15) is 14.1 Å². The van der Waals surface area contributed by atoms with Crippen LogP contribution >= 0.6 is 0 Å². The Morgan fingerprint density at radius 3 is 1.44 bits per heavy atom. The molecule has 4 nitrogen and oxygen atoms in total. The molecule has 0 fully saturated rings. The second-order valence-electron chi connectivity index (χ2n) is 9.64. The Bertz CT molecular complexity index is 1180. The van der Waals surface area contributed by atoms with E-state index in [2.05, 4.69) is 37.2 Å². The predicted octanol–water partition coefficient (Wildman–Crippen LogP) is 4.34. The zero-order valence-electron chi connectivity index (χ0n) is 21.7. The van der Waals surface area contributed by atoms with Crippen molar-refractivity contribution in [2.24, 2.45) is 0 Å². The van der Waals surface area contributed by atoms with Crippen molar-refractivity contribution in [3.05, 3.63) is 67.0 Å². The van der Waals surface area contributed by atoms with Crippen molar-refractivity contribution in [3.8, 4) is 0 Å². The average molecular weight is 433 g/mol. The lowest BCUT2D eigenvalue weighted by molar-refractivity contribution is -0.463. The van der Waals surface area contributed by atoms with Crippen LogP contribution in [-0.2, 0) is 4.79 Å². The number of rotatable bonds is 2. The highest BCUT2D eigenvalue weighted by Gasteiger charge is 2.37. The minimum absolute atomic E-state index is 0.125. The van der Waals surface area contributed by atoms with E-state index in [1.165, 1.54) is 0 Å². The second kappa shape index (κ2) is 7.91. The number of carbonyl (C=O) groups excluding carboxylic acids is 1. The third-order valence-corrected chi connectivity index (χ3v) is 7.47. The van der Waals surface area contributed by atoms with Crippen molar-refractivity contribution < 1.29 is 14.5 Å². The SMILES string of the molecule is CC1=C(C)C(=[N+](C)C)C(C)=C(C)C1=C1C(=O)C(c2c(C)c(C)c(N(C)C)c(C)c2C)=C1[O-]. The van der Waals surface area contributed by atoms with Crippen LogP contribution in [0.3, 0.4) is 0 Å². The van der Waals surface area contributed by atoms with Gasteiger partial charge >= 0.3 is 0 Å².